The second kappa shape index (κ2) is 56.8. The number of hydrogen-bond acceptors (Lipinski definition) is 16. The van der Waals surface area contributed by atoms with Crippen LogP contribution in [0.25, 0.3) is 102 Å². The zero-order chi connectivity index (χ0) is 97.2. The van der Waals surface area contributed by atoms with Gasteiger partial charge in [-0.05, 0) is 153 Å². The molecule has 2 aromatic carbocycles. The third kappa shape index (κ3) is 37.4. The van der Waals surface area contributed by atoms with E-state index in [1.807, 2.05) is 104 Å². The number of halogens is 19. The van der Waals surface area contributed by atoms with Crippen molar-refractivity contribution in [3.63, 3.8) is 0 Å². The van der Waals surface area contributed by atoms with Crippen molar-refractivity contribution < 1.29 is 144 Å². The van der Waals surface area contributed by atoms with Gasteiger partial charge >= 0.3 is 91.2 Å². The average Bonchev–Trinajstić information content (AvgIpc) is 1.75. The van der Waals surface area contributed by atoms with Crippen LogP contribution in [-0.4, -0.2) is 80.5 Å². The Kier molecular flexibility index (Phi) is 47.7. The van der Waals surface area contributed by atoms with Crippen molar-refractivity contribution in [3.05, 3.63) is 362 Å². The van der Waals surface area contributed by atoms with Gasteiger partial charge in [0, 0.05) is 130 Å². The summed E-state index contributed by atoms with van der Waals surface area (Å²) in [6.45, 7) is 15.8. The topological polar surface area (TPSA) is 305 Å². The molecule has 0 saturated carbocycles. The first-order valence-corrected chi connectivity index (χ1v) is 38.9. The van der Waals surface area contributed by atoms with Crippen LogP contribution in [0.5, 0.6) is 0 Å². The molecule has 18 aromatic rings. The van der Waals surface area contributed by atoms with E-state index in [4.69, 9.17) is 0 Å². The van der Waals surface area contributed by atoms with Gasteiger partial charge in [-0.25, -0.2) is 0 Å². The Labute approximate surface area is 805 Å². The minimum Gasteiger partial charge on any atom is -0.574 e. The first-order valence-electron chi connectivity index (χ1n) is 38.9. The van der Waals surface area contributed by atoms with Crippen LogP contribution in [0.4, 0.5) is 83.4 Å². The molecule has 16 heterocycles. The minimum atomic E-state index is -4.46. The van der Waals surface area contributed by atoms with Crippen molar-refractivity contribution in [1.29, 1.82) is 0 Å². The molecule has 136 heavy (non-hydrogen) atoms. The Morgan fingerprint density at radius 1 is 0.221 bits per heavy atom. The predicted octanol–water partition coefficient (Wildman–Crippen LogP) is 22.1. The average molecular weight is 2420 g/mol. The predicted molar refractivity (Wildman–Crippen MR) is 451 cm³/mol. The Hall–Kier alpha value is -14.1. The summed E-state index contributed by atoms with van der Waals surface area (Å²) >= 11 is 0. The maximum absolute atomic E-state index is 13.2. The summed E-state index contributed by atoms with van der Waals surface area (Å²) < 4.78 is 235. The molecule has 45 heteroatoms. The normalized spacial score (nSPS) is 10.4. The molecular formula is C91H71F19Ir3N23. The van der Waals surface area contributed by atoms with Gasteiger partial charge in [0.1, 0.15) is 28.5 Å². The van der Waals surface area contributed by atoms with Crippen LogP contribution < -0.4 is 35.7 Å². The van der Waals surface area contributed by atoms with E-state index in [2.05, 4.69) is 128 Å². The minimum absolute atomic E-state index is 0. The Morgan fingerprint density at radius 2 is 0.382 bits per heavy atom. The number of nitrogens with zero attached hydrogens (tertiary/aromatic N) is 23. The van der Waals surface area contributed by atoms with Gasteiger partial charge in [0.25, 0.3) is 0 Å². The van der Waals surface area contributed by atoms with Crippen LogP contribution >= 0.6 is 0 Å². The first-order chi connectivity index (χ1) is 63.6. The van der Waals surface area contributed by atoms with Gasteiger partial charge in [-0.1, -0.05) is 184 Å². The summed E-state index contributed by atoms with van der Waals surface area (Å²) in [5, 5.41) is 48.1. The fourth-order valence-corrected chi connectivity index (χ4v) is 9.72. The summed E-state index contributed by atoms with van der Waals surface area (Å²) in [7, 11) is 0. The molecule has 0 N–H and O–H groups in total. The van der Waals surface area contributed by atoms with Crippen molar-refractivity contribution in [3.8, 4) is 102 Å². The molecule has 0 aliphatic rings. The molecule has 0 unspecified atom stereocenters. The quantitative estimate of drug-likeness (QED) is 0.0957. The zero-order valence-electron chi connectivity index (χ0n) is 71.6. The SMILES string of the molecule is CC.CC.CC.Cc1cc(-c2ccccn2)[n-]n1.Cc1cc(-c2ccccn2)[n-]n1.FC(F)(F)c1cc(-c2ccccn2)[n-]n1.FC(F)(F)c1cc(-c2ccccn2)[n-]n1.FC(F)(F)c1cc(-c2ccccn2)[n-]n1.FC(F)(F)c1cc(-c2ccccn2)[n-]n1.FC(F)(F)c1cc(-c2ccccn2)[n-]n1.Fc1c[c-]c(-c2ccccn2)c(F)c1.Fc1c[c-]c(-c2ccccn2)c(F)c1.[Ir+3].[Ir+3].[Ir+3]. The number of benzene rings is 2. The number of aromatic nitrogens is 23. The van der Waals surface area contributed by atoms with Crippen molar-refractivity contribution >= 4 is 0 Å². The molecule has 0 spiro atoms. The molecule has 0 aliphatic carbocycles. The van der Waals surface area contributed by atoms with Gasteiger partial charge in [0.05, 0.1) is 0 Å². The second-order valence-electron chi connectivity index (χ2n) is 24.8. The van der Waals surface area contributed by atoms with Crippen molar-refractivity contribution in [2.45, 2.75) is 86.3 Å². The van der Waals surface area contributed by atoms with Crippen LogP contribution in [-0.2, 0) is 91.2 Å². The van der Waals surface area contributed by atoms with Crippen molar-refractivity contribution in [1.82, 2.24) is 116 Å². The number of hydrogen-bond donors (Lipinski definition) is 0. The van der Waals surface area contributed by atoms with Gasteiger partial charge in [0.15, 0.2) is 0 Å². The van der Waals surface area contributed by atoms with Gasteiger partial charge in [0.2, 0.25) is 0 Å². The van der Waals surface area contributed by atoms with E-state index in [0.29, 0.717) is 39.9 Å². The fourth-order valence-electron chi connectivity index (χ4n) is 9.72. The zero-order valence-corrected chi connectivity index (χ0v) is 78.8. The van der Waals surface area contributed by atoms with Crippen molar-refractivity contribution in [2.75, 3.05) is 0 Å². The number of pyridine rings is 9. The summed E-state index contributed by atoms with van der Waals surface area (Å²) in [5.41, 5.74) is 4.08. The third-order valence-corrected chi connectivity index (χ3v) is 15.5. The molecule has 0 bridgehead atoms. The molecular weight excluding hydrogens is 2350 g/mol. The molecule has 0 atom stereocenters. The van der Waals surface area contributed by atoms with Gasteiger partial charge in [-0.15, -0.1) is 24.3 Å². The summed E-state index contributed by atoms with van der Waals surface area (Å²) in [6, 6.07) is 63.3. The van der Waals surface area contributed by atoms with Crippen LogP contribution in [0.15, 0.2) is 286 Å². The van der Waals surface area contributed by atoms with Crippen LogP contribution in [0.1, 0.15) is 81.4 Å². The van der Waals surface area contributed by atoms with E-state index in [1.165, 1.54) is 31.0 Å². The second-order valence-corrected chi connectivity index (χ2v) is 24.8. The summed E-state index contributed by atoms with van der Waals surface area (Å²) in [6.07, 6.45) is -8.28. The Bertz CT molecular complexity index is 5630. The molecule has 18 rings (SSSR count). The molecule has 0 aliphatic heterocycles. The van der Waals surface area contributed by atoms with E-state index >= 15 is 0 Å². The van der Waals surface area contributed by atoms with Gasteiger partial charge < -0.3 is 81.3 Å². The molecule has 0 radical (unpaired) electrons. The first kappa shape index (κ1) is 114. The smallest absolute Gasteiger partial charge is 0.574 e. The number of alkyl halides is 15. The van der Waals surface area contributed by atoms with Crippen molar-refractivity contribution in [2.24, 2.45) is 0 Å². The fraction of sp³-hybridized carbons (Fsp3) is 0.143. The summed E-state index contributed by atoms with van der Waals surface area (Å²) in [5.74, 6) is -2.57. The molecule has 23 nitrogen and oxygen atoms in total. The molecule has 0 fully saturated rings. The van der Waals surface area contributed by atoms with E-state index in [0.717, 1.165) is 88.8 Å². The number of rotatable bonds is 9. The van der Waals surface area contributed by atoms with E-state index in [9.17, 15) is 83.4 Å². The van der Waals surface area contributed by atoms with Crippen LogP contribution in [0.2, 0.25) is 0 Å². The van der Waals surface area contributed by atoms with E-state index < -0.39 is 82.6 Å². The van der Waals surface area contributed by atoms with Gasteiger partial charge in [-0.3, -0.25) is 52.4 Å². The van der Waals surface area contributed by atoms with E-state index in [-0.39, 0.29) is 99.9 Å². The maximum atomic E-state index is 13.2. The molecule has 0 saturated heterocycles. The Balaban J connectivity index is 0.000000317. The largest absolute Gasteiger partial charge is 3.00 e. The third-order valence-electron chi connectivity index (χ3n) is 15.5. The molecule has 16 aromatic heterocycles. The maximum Gasteiger partial charge on any atom is 3.00 e. The Morgan fingerprint density at radius 3 is 0.515 bits per heavy atom. The monoisotopic (exact) mass is 2430 g/mol. The van der Waals surface area contributed by atoms with Crippen LogP contribution in [0.3, 0.4) is 0 Å². The standard InChI is InChI=1S/2C11H6F2N.5C9H5F3N3.2C9H8N3.3C2H6.3Ir/c2*12-8-4-5-9(10(13)7-8)11-3-1-2-6-14-11;5*10-9(11,12)8-5-7(14-15-8)6-3-1-2-4-13-6;2*1-7-6-9(12-11-7)8-4-2-3-5-10-8;3*1-2;;;/h2*1-4,6-7H;5*1-5H;2*2-6H,1H3;3*1-2H3;;;/q9*-1;;;;3*+3. The molecule has 710 valence electrons. The summed E-state index contributed by atoms with van der Waals surface area (Å²) in [4.78, 5) is 35.6. The number of aryl methyl sites for hydroxylation is 2. The molecule has 0 amide bonds. The van der Waals surface area contributed by atoms with E-state index in [1.54, 1.807) is 152 Å². The van der Waals surface area contributed by atoms with Crippen LogP contribution in [0, 0.1) is 49.2 Å². The van der Waals surface area contributed by atoms with Gasteiger partial charge in [-0.2, -0.15) is 65.9 Å².